The first-order valence-electron chi connectivity index (χ1n) is 2.39. The number of rotatable bonds is 2. The van der Waals surface area contributed by atoms with Gasteiger partial charge in [0, 0.05) is 5.97 Å². The van der Waals surface area contributed by atoms with Gasteiger partial charge in [-0.15, -0.1) is 0 Å². The first kappa shape index (κ1) is 47.1. The van der Waals surface area contributed by atoms with E-state index in [-0.39, 0.29) is 85.3 Å². The largest absolute Gasteiger partial charge is 6.00 e. The third-order valence-electron chi connectivity index (χ3n) is 1.01. The number of carboxylic acid groups (broad SMARTS) is 1. The summed E-state index contributed by atoms with van der Waals surface area (Å²) in [5.41, 5.74) is 0. The number of hydrogen-bond donors (Lipinski definition) is 0. The average Bonchev–Trinajstić information content (AvgIpc) is 1.65. The summed E-state index contributed by atoms with van der Waals surface area (Å²) in [4.78, 5) is 9.82. The molecule has 0 rings (SSSR count). The van der Waals surface area contributed by atoms with E-state index < -0.39 is 5.97 Å². The van der Waals surface area contributed by atoms with Gasteiger partial charge in [-0.25, -0.2) is 0 Å². The molecule has 0 fully saturated rings. The van der Waals surface area contributed by atoms with Crippen LogP contribution in [0.2, 0.25) is 0 Å². The fourth-order valence-corrected chi connectivity index (χ4v) is 0.167. The molecule has 0 aromatic carbocycles. The molecule has 0 heterocycles. The van der Waals surface area contributed by atoms with Crippen LogP contribution >= 0.6 is 0 Å². The van der Waals surface area contributed by atoms with Crippen molar-refractivity contribution in [2.75, 3.05) is 0 Å². The van der Waals surface area contributed by atoms with Gasteiger partial charge in [0.05, 0.1) is 0 Å². The summed E-state index contributed by atoms with van der Waals surface area (Å²) in [7, 11) is 0. The molecule has 0 aromatic rings. The van der Waals surface area contributed by atoms with Crippen molar-refractivity contribution in [2.24, 2.45) is 5.92 Å². The summed E-state index contributed by atoms with van der Waals surface area (Å²) >= 11 is 0. The van der Waals surface area contributed by atoms with E-state index in [1.807, 2.05) is 6.92 Å². The van der Waals surface area contributed by atoms with Crippen LogP contribution in [0.4, 0.5) is 0 Å². The van der Waals surface area contributed by atoms with E-state index in [2.05, 4.69) is 0 Å². The number of carbonyl (C=O) groups excluding carboxylic acids is 1. The summed E-state index contributed by atoms with van der Waals surface area (Å²) in [6.45, 7) is 3.45. The summed E-state index contributed by atoms with van der Waals surface area (Å²) in [5.74, 6) is -1.25. The number of halogens is 5. The molecular formula is C5H9Cl5CrO2. The van der Waals surface area contributed by atoms with E-state index in [0.717, 1.165) is 0 Å². The molecule has 2 nitrogen and oxygen atoms in total. The molecule has 0 aromatic heterocycles. The molecule has 82 valence electrons. The molecule has 0 aliphatic heterocycles. The predicted molar refractivity (Wildman–Crippen MR) is 24.5 cm³/mol. The van der Waals surface area contributed by atoms with E-state index in [0.29, 0.717) is 6.42 Å². The van der Waals surface area contributed by atoms with E-state index in [1.165, 1.54) is 0 Å². The summed E-state index contributed by atoms with van der Waals surface area (Å²) in [6.07, 6.45) is 0.655. The smallest absolute Gasteiger partial charge is 1.00 e. The monoisotopic (exact) mass is 328 g/mol. The molecule has 1 atom stereocenters. The van der Waals surface area contributed by atoms with Gasteiger partial charge in [-0.05, 0) is 12.3 Å². The number of carboxylic acids is 1. The minimum Gasteiger partial charge on any atom is -1.00 e. The number of hydrogen-bond acceptors (Lipinski definition) is 2. The van der Waals surface area contributed by atoms with Crippen LogP contribution in [-0.2, 0) is 22.2 Å². The SMILES string of the molecule is CCC(C)C(=O)[O-].[Cl-].[Cl-].[Cl-].[Cl-].[Cl-].[Cr+6]. The first-order valence-corrected chi connectivity index (χ1v) is 2.39. The second-order valence-electron chi connectivity index (χ2n) is 1.63. The van der Waals surface area contributed by atoms with Crippen LogP contribution in [0.3, 0.4) is 0 Å². The maximum absolute atomic E-state index is 9.82. The van der Waals surface area contributed by atoms with Crippen LogP contribution in [0, 0.1) is 5.92 Å². The molecule has 0 saturated heterocycles. The molecule has 0 aliphatic carbocycles. The van der Waals surface area contributed by atoms with Gasteiger partial charge in [0.2, 0.25) is 0 Å². The van der Waals surface area contributed by atoms with Crippen LogP contribution < -0.4 is 67.1 Å². The molecule has 0 amide bonds. The molecule has 0 radical (unpaired) electrons. The number of aliphatic carboxylic acids is 1. The van der Waals surface area contributed by atoms with Gasteiger partial charge in [-0.1, -0.05) is 13.8 Å². The zero-order valence-electron chi connectivity index (χ0n) is 6.90. The van der Waals surface area contributed by atoms with Crippen molar-refractivity contribution >= 4 is 5.97 Å². The third kappa shape index (κ3) is 31.8. The predicted octanol–water partition coefficient (Wildman–Crippen LogP) is -15.2. The topological polar surface area (TPSA) is 40.1 Å². The molecule has 8 heteroatoms. The van der Waals surface area contributed by atoms with Crippen molar-refractivity contribution in [3.8, 4) is 0 Å². The van der Waals surface area contributed by atoms with E-state index >= 15 is 0 Å². The van der Waals surface area contributed by atoms with Crippen LogP contribution in [0.5, 0.6) is 0 Å². The normalized spacial score (nSPS) is 7.23. The van der Waals surface area contributed by atoms with Crippen molar-refractivity contribution in [1.29, 1.82) is 0 Å². The molecule has 1 unspecified atom stereocenters. The Labute approximate surface area is 121 Å². The van der Waals surface area contributed by atoms with Crippen molar-refractivity contribution in [3.05, 3.63) is 0 Å². The Balaban J connectivity index is -0.0000000120. The fraction of sp³-hybridized carbons (Fsp3) is 0.800. The second-order valence-corrected chi connectivity index (χ2v) is 1.63. The van der Waals surface area contributed by atoms with Crippen LogP contribution in [0.15, 0.2) is 0 Å². The Kier molecular flexibility index (Phi) is 106. The summed E-state index contributed by atoms with van der Waals surface area (Å²) in [5, 5.41) is 9.82. The quantitative estimate of drug-likeness (QED) is 0.505. The molecule has 0 aliphatic rings. The minimum atomic E-state index is -0.956. The fourth-order valence-electron chi connectivity index (χ4n) is 0.167. The van der Waals surface area contributed by atoms with Crippen LogP contribution in [0.25, 0.3) is 0 Å². The second kappa shape index (κ2) is 29.2. The Morgan fingerprint density at radius 3 is 1.38 bits per heavy atom. The third-order valence-corrected chi connectivity index (χ3v) is 1.01. The van der Waals surface area contributed by atoms with Gasteiger partial charge in [0.15, 0.2) is 0 Å². The average molecular weight is 330 g/mol. The molecule has 13 heavy (non-hydrogen) atoms. The van der Waals surface area contributed by atoms with Gasteiger partial charge >= 0.3 is 17.4 Å². The summed E-state index contributed by atoms with van der Waals surface area (Å²) in [6, 6.07) is 0. The molecule has 0 spiro atoms. The van der Waals surface area contributed by atoms with Crippen molar-refractivity contribution in [2.45, 2.75) is 20.3 Å². The van der Waals surface area contributed by atoms with Gasteiger partial charge in [0.25, 0.3) is 0 Å². The first-order chi connectivity index (χ1) is 3.18. The summed E-state index contributed by atoms with van der Waals surface area (Å²) < 4.78 is 0. The van der Waals surface area contributed by atoms with Gasteiger partial charge in [-0.3, -0.25) is 0 Å². The Morgan fingerprint density at radius 1 is 1.15 bits per heavy atom. The van der Waals surface area contributed by atoms with Crippen LogP contribution in [0.1, 0.15) is 20.3 Å². The Bertz CT molecular complexity index is 85.3. The van der Waals surface area contributed by atoms with Gasteiger partial charge in [-0.2, -0.15) is 0 Å². The molecule has 0 N–H and O–H groups in total. The Hall–Kier alpha value is 1.45. The van der Waals surface area contributed by atoms with Crippen molar-refractivity contribution in [3.63, 3.8) is 0 Å². The molecular weight excluding hydrogens is 321 g/mol. The van der Waals surface area contributed by atoms with Crippen LogP contribution in [-0.4, -0.2) is 5.97 Å². The number of carbonyl (C=O) groups is 1. The van der Waals surface area contributed by atoms with E-state index in [4.69, 9.17) is 0 Å². The van der Waals surface area contributed by atoms with Gasteiger partial charge < -0.3 is 71.9 Å². The zero-order valence-corrected chi connectivity index (χ0v) is 12.0. The molecule has 0 bridgehead atoms. The van der Waals surface area contributed by atoms with E-state index in [9.17, 15) is 9.90 Å². The molecule has 0 saturated carbocycles. The standard InChI is InChI=1S/C5H10O2.5ClH.Cr/c1-3-4(2)5(6)7;;;;;;/h4H,3H2,1-2H3,(H,6,7);5*1H;/q;;;;;;+6/p-6. The maximum Gasteiger partial charge on any atom is 6.00 e. The van der Waals surface area contributed by atoms with E-state index in [1.54, 1.807) is 6.92 Å². The maximum atomic E-state index is 9.82. The minimum absolute atomic E-state index is 0. The van der Waals surface area contributed by atoms with Crippen molar-refractivity contribution in [1.82, 2.24) is 0 Å². The van der Waals surface area contributed by atoms with Gasteiger partial charge in [0.1, 0.15) is 0 Å². The Morgan fingerprint density at radius 2 is 1.38 bits per heavy atom. The zero-order chi connectivity index (χ0) is 5.86. The van der Waals surface area contributed by atoms with Crippen molar-refractivity contribution < 1.29 is 89.3 Å².